The number of nitrogens with zero attached hydrogens (tertiary/aromatic N) is 2. The zero-order valence-corrected chi connectivity index (χ0v) is 9.42. The standard InChI is InChI=1S/C11H13N3O3/c1-2-15-9-6-4-3-5-8(9)11-13-10(7-16-12)17-14-11/h3-6H,2,7,12H2,1H3. The molecule has 6 heteroatoms. The van der Waals surface area contributed by atoms with Gasteiger partial charge in [0.2, 0.25) is 5.82 Å². The molecule has 0 bridgehead atoms. The van der Waals surface area contributed by atoms with Crippen molar-refractivity contribution in [3.05, 3.63) is 30.2 Å². The fourth-order valence-electron chi connectivity index (χ4n) is 1.43. The Kier molecular flexibility index (Phi) is 3.69. The molecule has 0 saturated heterocycles. The van der Waals surface area contributed by atoms with Crippen molar-refractivity contribution in [1.29, 1.82) is 0 Å². The fourth-order valence-corrected chi connectivity index (χ4v) is 1.43. The third kappa shape index (κ3) is 2.61. The van der Waals surface area contributed by atoms with Crippen LogP contribution in [0, 0.1) is 0 Å². The third-order valence-electron chi connectivity index (χ3n) is 2.10. The quantitative estimate of drug-likeness (QED) is 0.791. The summed E-state index contributed by atoms with van der Waals surface area (Å²) < 4.78 is 10.5. The smallest absolute Gasteiger partial charge is 0.255 e. The van der Waals surface area contributed by atoms with Crippen molar-refractivity contribution >= 4 is 0 Å². The van der Waals surface area contributed by atoms with Gasteiger partial charge in [-0.15, -0.1) is 0 Å². The van der Waals surface area contributed by atoms with Gasteiger partial charge >= 0.3 is 0 Å². The lowest BCUT2D eigenvalue weighted by Gasteiger charge is -2.05. The average molecular weight is 235 g/mol. The molecule has 1 aromatic carbocycles. The number of rotatable bonds is 5. The van der Waals surface area contributed by atoms with Gasteiger partial charge in [-0.2, -0.15) is 4.98 Å². The summed E-state index contributed by atoms with van der Waals surface area (Å²) in [7, 11) is 0. The van der Waals surface area contributed by atoms with Crippen LogP contribution in [-0.4, -0.2) is 16.7 Å². The molecule has 1 heterocycles. The Morgan fingerprint density at radius 2 is 2.18 bits per heavy atom. The van der Waals surface area contributed by atoms with E-state index in [0.29, 0.717) is 18.3 Å². The number of aromatic nitrogens is 2. The molecule has 90 valence electrons. The Balaban J connectivity index is 2.31. The van der Waals surface area contributed by atoms with Crippen molar-refractivity contribution in [2.45, 2.75) is 13.5 Å². The van der Waals surface area contributed by atoms with Gasteiger partial charge in [0, 0.05) is 0 Å². The van der Waals surface area contributed by atoms with Crippen molar-refractivity contribution in [2.24, 2.45) is 5.90 Å². The van der Waals surface area contributed by atoms with Gasteiger partial charge in [0.05, 0.1) is 12.2 Å². The summed E-state index contributed by atoms with van der Waals surface area (Å²) in [6.07, 6.45) is 0. The minimum absolute atomic E-state index is 0.0871. The van der Waals surface area contributed by atoms with Gasteiger partial charge in [-0.3, -0.25) is 4.84 Å². The second-order valence-corrected chi connectivity index (χ2v) is 3.25. The lowest BCUT2D eigenvalue weighted by molar-refractivity contribution is 0.0996. The molecule has 0 unspecified atom stereocenters. The van der Waals surface area contributed by atoms with Gasteiger partial charge in [0.25, 0.3) is 5.89 Å². The van der Waals surface area contributed by atoms with E-state index in [1.807, 2.05) is 31.2 Å². The summed E-state index contributed by atoms with van der Waals surface area (Å²) in [5, 5.41) is 3.85. The molecule has 2 aromatic rings. The fraction of sp³-hybridized carbons (Fsp3) is 0.273. The van der Waals surface area contributed by atoms with Crippen LogP contribution in [0.25, 0.3) is 11.4 Å². The first kappa shape index (κ1) is 11.6. The highest BCUT2D eigenvalue weighted by Gasteiger charge is 2.12. The number of para-hydroxylation sites is 1. The third-order valence-corrected chi connectivity index (χ3v) is 2.10. The van der Waals surface area contributed by atoms with E-state index in [-0.39, 0.29) is 6.61 Å². The van der Waals surface area contributed by atoms with Gasteiger partial charge in [-0.05, 0) is 19.1 Å². The van der Waals surface area contributed by atoms with Crippen LogP contribution in [-0.2, 0) is 11.4 Å². The van der Waals surface area contributed by atoms with E-state index in [2.05, 4.69) is 15.0 Å². The minimum Gasteiger partial charge on any atom is -0.493 e. The Hall–Kier alpha value is -1.92. The number of hydrogen-bond acceptors (Lipinski definition) is 6. The van der Waals surface area contributed by atoms with E-state index in [1.165, 1.54) is 0 Å². The molecule has 2 N–H and O–H groups in total. The van der Waals surface area contributed by atoms with Crippen LogP contribution in [0.5, 0.6) is 5.75 Å². The lowest BCUT2D eigenvalue weighted by Crippen LogP contribution is -1.99. The van der Waals surface area contributed by atoms with Crippen LogP contribution in [0.1, 0.15) is 12.8 Å². The highest BCUT2D eigenvalue weighted by Crippen LogP contribution is 2.27. The summed E-state index contributed by atoms with van der Waals surface area (Å²) in [5.41, 5.74) is 0.779. The molecule has 6 nitrogen and oxygen atoms in total. The molecule has 17 heavy (non-hydrogen) atoms. The van der Waals surface area contributed by atoms with Crippen LogP contribution in [0.2, 0.25) is 0 Å². The Morgan fingerprint density at radius 3 is 2.94 bits per heavy atom. The van der Waals surface area contributed by atoms with E-state index >= 15 is 0 Å². The molecule has 0 radical (unpaired) electrons. The van der Waals surface area contributed by atoms with Crippen LogP contribution < -0.4 is 10.6 Å². The number of nitrogens with two attached hydrogens (primary N) is 1. The zero-order valence-electron chi connectivity index (χ0n) is 9.42. The van der Waals surface area contributed by atoms with Crippen LogP contribution in [0.3, 0.4) is 0 Å². The van der Waals surface area contributed by atoms with Crippen molar-refractivity contribution in [3.8, 4) is 17.1 Å². The van der Waals surface area contributed by atoms with Gasteiger partial charge in [-0.1, -0.05) is 17.3 Å². The maximum atomic E-state index is 5.48. The number of hydrogen-bond donors (Lipinski definition) is 1. The van der Waals surface area contributed by atoms with Gasteiger partial charge in [0.15, 0.2) is 0 Å². The summed E-state index contributed by atoms with van der Waals surface area (Å²) in [5.74, 6) is 6.44. The maximum absolute atomic E-state index is 5.48. The minimum atomic E-state index is 0.0871. The summed E-state index contributed by atoms with van der Waals surface area (Å²) in [4.78, 5) is 8.58. The van der Waals surface area contributed by atoms with Gasteiger partial charge < -0.3 is 9.26 Å². The largest absolute Gasteiger partial charge is 0.493 e. The summed E-state index contributed by atoms with van der Waals surface area (Å²) in [6.45, 7) is 2.58. The maximum Gasteiger partial charge on any atom is 0.255 e. The molecule has 1 aromatic heterocycles. The summed E-state index contributed by atoms with van der Waals surface area (Å²) in [6, 6.07) is 7.49. The van der Waals surface area contributed by atoms with Crippen molar-refractivity contribution < 1.29 is 14.1 Å². The molecule has 0 amide bonds. The first-order chi connectivity index (χ1) is 8.35. The molecule has 0 fully saturated rings. The van der Waals surface area contributed by atoms with Crippen molar-refractivity contribution in [3.63, 3.8) is 0 Å². The van der Waals surface area contributed by atoms with Crippen molar-refractivity contribution in [1.82, 2.24) is 10.1 Å². The molecular weight excluding hydrogens is 222 g/mol. The molecule has 0 aliphatic rings. The van der Waals surface area contributed by atoms with Crippen molar-refractivity contribution in [2.75, 3.05) is 6.61 Å². The highest BCUT2D eigenvalue weighted by atomic mass is 16.6. The normalized spacial score (nSPS) is 10.5. The second-order valence-electron chi connectivity index (χ2n) is 3.25. The molecule has 2 rings (SSSR count). The Bertz CT molecular complexity index is 484. The van der Waals surface area contributed by atoms with Gasteiger partial charge in [-0.25, -0.2) is 5.90 Å². The second kappa shape index (κ2) is 5.42. The zero-order chi connectivity index (χ0) is 12.1. The van der Waals surface area contributed by atoms with E-state index in [1.54, 1.807) is 0 Å². The van der Waals surface area contributed by atoms with Crippen LogP contribution in [0.15, 0.2) is 28.8 Å². The molecule has 0 aliphatic carbocycles. The first-order valence-corrected chi connectivity index (χ1v) is 5.21. The Morgan fingerprint density at radius 1 is 1.35 bits per heavy atom. The number of benzene rings is 1. The van der Waals surface area contributed by atoms with Gasteiger partial charge in [0.1, 0.15) is 12.4 Å². The molecule has 0 saturated carbocycles. The Labute approximate surface area is 98.3 Å². The SMILES string of the molecule is CCOc1ccccc1-c1noc(CON)n1. The van der Waals surface area contributed by atoms with E-state index < -0.39 is 0 Å². The summed E-state index contributed by atoms with van der Waals surface area (Å²) >= 11 is 0. The molecule has 0 aliphatic heterocycles. The highest BCUT2D eigenvalue weighted by molar-refractivity contribution is 5.63. The lowest BCUT2D eigenvalue weighted by atomic mass is 10.2. The topological polar surface area (TPSA) is 83.4 Å². The van der Waals surface area contributed by atoms with Crippen LogP contribution >= 0.6 is 0 Å². The number of ether oxygens (including phenoxy) is 1. The van der Waals surface area contributed by atoms with Crippen LogP contribution in [0.4, 0.5) is 0 Å². The first-order valence-electron chi connectivity index (χ1n) is 5.21. The average Bonchev–Trinajstić information content (AvgIpc) is 2.79. The molecule has 0 spiro atoms. The predicted octanol–water partition coefficient (Wildman–Crippen LogP) is 1.53. The van der Waals surface area contributed by atoms with E-state index in [4.69, 9.17) is 15.2 Å². The van der Waals surface area contributed by atoms with E-state index in [0.717, 1.165) is 11.3 Å². The molecular formula is C11H13N3O3. The monoisotopic (exact) mass is 235 g/mol. The molecule has 0 atom stereocenters. The van der Waals surface area contributed by atoms with E-state index in [9.17, 15) is 0 Å². The predicted molar refractivity (Wildman–Crippen MR) is 59.9 cm³/mol.